The van der Waals surface area contributed by atoms with Crippen LogP contribution in [0.1, 0.15) is 24.2 Å². The molecule has 3 aromatic rings. The highest BCUT2D eigenvalue weighted by atomic mass is 32.2. The Morgan fingerprint density at radius 1 is 0.912 bits per heavy atom. The van der Waals surface area contributed by atoms with Gasteiger partial charge >= 0.3 is 0 Å². The van der Waals surface area contributed by atoms with E-state index in [2.05, 4.69) is 10.6 Å². The summed E-state index contributed by atoms with van der Waals surface area (Å²) in [5.74, 6) is -1.76. The lowest BCUT2D eigenvalue weighted by atomic mass is 10.0. The molecule has 3 rings (SSSR count). The summed E-state index contributed by atoms with van der Waals surface area (Å²) < 4.78 is 40.4. The maximum atomic E-state index is 13.1. The van der Waals surface area contributed by atoms with Crippen LogP contribution >= 0.6 is 0 Å². The molecule has 0 aliphatic carbocycles. The molecule has 34 heavy (non-hydrogen) atoms. The monoisotopic (exact) mass is 483 g/mol. The fourth-order valence-electron chi connectivity index (χ4n) is 3.25. The number of benzene rings is 3. The highest BCUT2D eigenvalue weighted by molar-refractivity contribution is 7.92. The van der Waals surface area contributed by atoms with Crippen LogP contribution in [0.3, 0.4) is 0 Å². The van der Waals surface area contributed by atoms with Gasteiger partial charge in [0.15, 0.2) is 0 Å². The number of para-hydroxylation sites is 1. The Morgan fingerprint density at radius 2 is 1.56 bits per heavy atom. The fourth-order valence-corrected chi connectivity index (χ4v) is 4.49. The molecule has 0 saturated heterocycles. The Hall–Kier alpha value is -3.72. The standard InChI is InChI=1S/C25H26FN3O4S/c1-17(2)23(28-24(30)18-12-14-19(26)15-13-18)25(31)27-20-8-7-11-22(16-20)34(32,33)29(3)21-9-5-4-6-10-21/h4-17,23H,1-3H3,(H,27,31)(H,28,30). The second kappa shape index (κ2) is 10.5. The number of carbonyl (C=O) groups is 2. The third-order valence-corrected chi connectivity index (χ3v) is 7.00. The number of amides is 2. The number of anilines is 2. The Balaban J connectivity index is 1.77. The molecule has 0 spiro atoms. The number of nitrogens with one attached hydrogen (secondary N) is 2. The van der Waals surface area contributed by atoms with E-state index in [0.29, 0.717) is 5.69 Å². The molecule has 2 amide bonds. The Kier molecular flexibility index (Phi) is 7.68. The number of hydrogen-bond donors (Lipinski definition) is 2. The van der Waals surface area contributed by atoms with E-state index in [-0.39, 0.29) is 22.1 Å². The lowest BCUT2D eigenvalue weighted by Crippen LogP contribution is -2.47. The van der Waals surface area contributed by atoms with Crippen LogP contribution in [0, 0.1) is 11.7 Å². The molecule has 2 N–H and O–H groups in total. The van der Waals surface area contributed by atoms with Crippen molar-refractivity contribution in [2.45, 2.75) is 24.8 Å². The fraction of sp³-hybridized carbons (Fsp3) is 0.200. The van der Waals surface area contributed by atoms with Crippen LogP contribution in [0.15, 0.2) is 83.8 Å². The molecule has 0 aromatic heterocycles. The molecule has 0 radical (unpaired) electrons. The zero-order chi connectivity index (χ0) is 24.9. The minimum Gasteiger partial charge on any atom is -0.340 e. The quantitative estimate of drug-likeness (QED) is 0.505. The molecule has 0 saturated carbocycles. The number of halogens is 1. The number of carbonyl (C=O) groups excluding carboxylic acids is 2. The van der Waals surface area contributed by atoms with Gasteiger partial charge in [-0.25, -0.2) is 12.8 Å². The van der Waals surface area contributed by atoms with E-state index in [9.17, 15) is 22.4 Å². The number of hydrogen-bond acceptors (Lipinski definition) is 4. The highest BCUT2D eigenvalue weighted by Gasteiger charge is 2.26. The predicted octanol–water partition coefficient (Wildman–Crippen LogP) is 4.04. The molecule has 3 aromatic carbocycles. The van der Waals surface area contributed by atoms with Gasteiger partial charge in [-0.2, -0.15) is 0 Å². The highest BCUT2D eigenvalue weighted by Crippen LogP contribution is 2.24. The van der Waals surface area contributed by atoms with Crippen molar-refractivity contribution in [2.75, 3.05) is 16.7 Å². The van der Waals surface area contributed by atoms with Crippen molar-refractivity contribution in [1.82, 2.24) is 5.32 Å². The van der Waals surface area contributed by atoms with E-state index in [4.69, 9.17) is 0 Å². The van der Waals surface area contributed by atoms with Crippen LogP contribution in [0.5, 0.6) is 0 Å². The summed E-state index contributed by atoms with van der Waals surface area (Å²) in [7, 11) is -2.41. The molecular formula is C25H26FN3O4S. The zero-order valence-electron chi connectivity index (χ0n) is 19.0. The SMILES string of the molecule is CC(C)C(NC(=O)c1ccc(F)cc1)C(=O)Nc1cccc(S(=O)(=O)N(C)c2ccccc2)c1. The van der Waals surface area contributed by atoms with Gasteiger partial charge in [-0.05, 0) is 60.5 Å². The third-order valence-electron chi connectivity index (χ3n) is 5.22. The van der Waals surface area contributed by atoms with Crippen LogP contribution in [0.4, 0.5) is 15.8 Å². The topological polar surface area (TPSA) is 95.6 Å². The van der Waals surface area contributed by atoms with Crippen molar-refractivity contribution in [3.8, 4) is 0 Å². The van der Waals surface area contributed by atoms with Gasteiger partial charge in [0.25, 0.3) is 15.9 Å². The summed E-state index contributed by atoms with van der Waals surface area (Å²) in [6.45, 7) is 3.54. The van der Waals surface area contributed by atoms with Crippen molar-refractivity contribution in [3.63, 3.8) is 0 Å². The maximum absolute atomic E-state index is 13.1. The molecule has 1 unspecified atom stereocenters. The summed E-state index contributed by atoms with van der Waals surface area (Å²) in [6, 6.07) is 18.6. The van der Waals surface area contributed by atoms with Crippen LogP contribution in [-0.4, -0.2) is 33.3 Å². The van der Waals surface area contributed by atoms with E-state index in [1.807, 2.05) is 0 Å². The van der Waals surface area contributed by atoms with Gasteiger partial charge < -0.3 is 10.6 Å². The van der Waals surface area contributed by atoms with Crippen molar-refractivity contribution in [2.24, 2.45) is 5.92 Å². The molecule has 0 aliphatic rings. The van der Waals surface area contributed by atoms with E-state index in [1.165, 1.54) is 37.4 Å². The van der Waals surface area contributed by atoms with Crippen molar-refractivity contribution in [1.29, 1.82) is 0 Å². The summed E-state index contributed by atoms with van der Waals surface area (Å²) in [5, 5.41) is 5.34. The lowest BCUT2D eigenvalue weighted by Gasteiger charge is -2.22. The first-order chi connectivity index (χ1) is 16.1. The van der Waals surface area contributed by atoms with E-state index in [1.54, 1.807) is 50.2 Å². The summed E-state index contributed by atoms with van der Waals surface area (Å²) in [4.78, 5) is 25.5. The van der Waals surface area contributed by atoms with Gasteiger partial charge in [0, 0.05) is 18.3 Å². The third kappa shape index (κ3) is 5.79. The molecule has 0 fully saturated rings. The van der Waals surface area contributed by atoms with Crippen molar-refractivity contribution >= 4 is 33.2 Å². The Labute approximate surface area is 198 Å². The van der Waals surface area contributed by atoms with Gasteiger partial charge in [-0.1, -0.05) is 38.1 Å². The number of nitrogens with zero attached hydrogens (tertiary/aromatic N) is 1. The second-order valence-corrected chi connectivity index (χ2v) is 10.00. The van der Waals surface area contributed by atoms with E-state index in [0.717, 1.165) is 16.4 Å². The van der Waals surface area contributed by atoms with Gasteiger partial charge in [0.2, 0.25) is 5.91 Å². The first-order valence-electron chi connectivity index (χ1n) is 10.6. The molecule has 9 heteroatoms. The van der Waals surface area contributed by atoms with Gasteiger partial charge in [0.1, 0.15) is 11.9 Å². The maximum Gasteiger partial charge on any atom is 0.264 e. The minimum absolute atomic E-state index is 0.00750. The molecule has 178 valence electrons. The Bertz CT molecular complexity index is 1260. The first kappa shape index (κ1) is 24.9. The predicted molar refractivity (Wildman–Crippen MR) is 130 cm³/mol. The van der Waals surface area contributed by atoms with Crippen LogP contribution in [-0.2, 0) is 14.8 Å². The normalized spacial score (nSPS) is 12.1. The average molecular weight is 484 g/mol. The summed E-state index contributed by atoms with van der Waals surface area (Å²) in [5.41, 5.74) is 0.992. The van der Waals surface area contributed by atoms with Crippen LogP contribution < -0.4 is 14.9 Å². The van der Waals surface area contributed by atoms with Gasteiger partial charge in [-0.15, -0.1) is 0 Å². The van der Waals surface area contributed by atoms with Crippen molar-refractivity contribution < 1.29 is 22.4 Å². The van der Waals surface area contributed by atoms with Gasteiger partial charge in [0.05, 0.1) is 10.6 Å². The van der Waals surface area contributed by atoms with Crippen LogP contribution in [0.2, 0.25) is 0 Å². The molecular weight excluding hydrogens is 457 g/mol. The van der Waals surface area contributed by atoms with Crippen LogP contribution in [0.25, 0.3) is 0 Å². The Morgan fingerprint density at radius 3 is 2.18 bits per heavy atom. The second-order valence-electron chi connectivity index (χ2n) is 8.03. The number of rotatable bonds is 8. The summed E-state index contributed by atoms with van der Waals surface area (Å²) in [6.07, 6.45) is 0. The smallest absolute Gasteiger partial charge is 0.264 e. The summed E-state index contributed by atoms with van der Waals surface area (Å²) >= 11 is 0. The average Bonchev–Trinajstić information content (AvgIpc) is 2.82. The number of sulfonamides is 1. The van der Waals surface area contributed by atoms with Gasteiger partial charge in [-0.3, -0.25) is 13.9 Å². The largest absolute Gasteiger partial charge is 0.340 e. The zero-order valence-corrected chi connectivity index (χ0v) is 19.8. The van der Waals surface area contributed by atoms with E-state index < -0.39 is 33.7 Å². The van der Waals surface area contributed by atoms with E-state index >= 15 is 0 Å². The molecule has 0 aliphatic heterocycles. The molecule has 0 heterocycles. The molecule has 7 nitrogen and oxygen atoms in total. The minimum atomic E-state index is -3.86. The first-order valence-corrected chi connectivity index (χ1v) is 12.0. The lowest BCUT2D eigenvalue weighted by molar-refractivity contribution is -0.118. The van der Waals surface area contributed by atoms with Crippen molar-refractivity contribution in [3.05, 3.63) is 90.2 Å². The molecule has 1 atom stereocenters. The molecule has 0 bridgehead atoms.